The zero-order valence-corrected chi connectivity index (χ0v) is 11.9. The maximum Gasteiger partial charge on any atom is 0.0370 e. The molecule has 1 fully saturated rings. The molecular weight excluding hydrogens is 220 g/mol. The normalized spacial score (nSPS) is 25.1. The molecule has 2 rings (SSSR count). The van der Waals surface area contributed by atoms with Gasteiger partial charge in [-0.25, -0.2) is 0 Å². The van der Waals surface area contributed by atoms with E-state index in [0.29, 0.717) is 0 Å². The summed E-state index contributed by atoms with van der Waals surface area (Å²) in [5.41, 5.74) is 2.61. The number of nitrogens with one attached hydrogen (secondary N) is 1. The first-order chi connectivity index (χ1) is 8.66. The third-order valence-corrected chi connectivity index (χ3v) is 4.31. The Balaban J connectivity index is 1.74. The Morgan fingerprint density at radius 2 is 2.00 bits per heavy atom. The fourth-order valence-electron chi connectivity index (χ4n) is 2.67. The smallest absolute Gasteiger partial charge is 0.0370 e. The highest BCUT2D eigenvalue weighted by molar-refractivity contribution is 5.50. The molecule has 2 heteroatoms. The molecule has 0 saturated carbocycles. The van der Waals surface area contributed by atoms with Crippen LogP contribution in [0.4, 0.5) is 5.69 Å². The quantitative estimate of drug-likeness (QED) is 0.876. The predicted molar refractivity (Wildman–Crippen MR) is 79.1 cm³/mol. The lowest BCUT2D eigenvalue weighted by molar-refractivity contribution is 0.143. The van der Waals surface area contributed by atoms with Gasteiger partial charge in [-0.3, -0.25) is 0 Å². The molecule has 0 bridgehead atoms. The standard InChI is InChI=1S/C16H26N2/c1-13-8-10-18(12-15(13)3)11-9-17-16-7-5-4-6-14(16)2/h4-7,13,15,17H,8-12H2,1-3H3. The van der Waals surface area contributed by atoms with Gasteiger partial charge in [-0.15, -0.1) is 0 Å². The van der Waals surface area contributed by atoms with Crippen LogP contribution in [0, 0.1) is 18.8 Å². The summed E-state index contributed by atoms with van der Waals surface area (Å²) < 4.78 is 0. The Hall–Kier alpha value is -1.02. The number of hydrogen-bond donors (Lipinski definition) is 1. The van der Waals surface area contributed by atoms with Crippen molar-refractivity contribution in [2.75, 3.05) is 31.5 Å². The number of piperidine rings is 1. The van der Waals surface area contributed by atoms with Crippen molar-refractivity contribution < 1.29 is 0 Å². The molecule has 1 saturated heterocycles. The molecule has 1 aliphatic heterocycles. The van der Waals surface area contributed by atoms with Gasteiger partial charge in [-0.2, -0.15) is 0 Å². The zero-order valence-electron chi connectivity index (χ0n) is 11.9. The second kappa shape index (κ2) is 6.24. The van der Waals surface area contributed by atoms with Crippen molar-refractivity contribution in [1.82, 2.24) is 4.90 Å². The van der Waals surface area contributed by atoms with Crippen LogP contribution in [0.25, 0.3) is 0 Å². The number of para-hydroxylation sites is 1. The second-order valence-electron chi connectivity index (χ2n) is 5.79. The molecule has 1 aromatic carbocycles. The molecule has 0 aliphatic carbocycles. The van der Waals surface area contributed by atoms with Crippen molar-refractivity contribution in [3.8, 4) is 0 Å². The lowest BCUT2D eigenvalue weighted by Crippen LogP contribution is -2.40. The number of anilines is 1. The third kappa shape index (κ3) is 3.49. The highest BCUT2D eigenvalue weighted by Crippen LogP contribution is 2.22. The maximum absolute atomic E-state index is 3.54. The minimum atomic E-state index is 0.845. The Morgan fingerprint density at radius 1 is 1.22 bits per heavy atom. The lowest BCUT2D eigenvalue weighted by atomic mass is 9.89. The summed E-state index contributed by atoms with van der Waals surface area (Å²) in [4.78, 5) is 2.59. The fraction of sp³-hybridized carbons (Fsp3) is 0.625. The van der Waals surface area contributed by atoms with Gasteiger partial charge in [-0.1, -0.05) is 32.0 Å². The van der Waals surface area contributed by atoms with E-state index in [9.17, 15) is 0 Å². The van der Waals surface area contributed by atoms with Crippen molar-refractivity contribution in [1.29, 1.82) is 0 Å². The van der Waals surface area contributed by atoms with Crippen molar-refractivity contribution in [3.63, 3.8) is 0 Å². The molecule has 2 nitrogen and oxygen atoms in total. The van der Waals surface area contributed by atoms with E-state index >= 15 is 0 Å². The monoisotopic (exact) mass is 246 g/mol. The average Bonchev–Trinajstić information content (AvgIpc) is 2.36. The summed E-state index contributed by atoms with van der Waals surface area (Å²) in [5, 5.41) is 3.54. The van der Waals surface area contributed by atoms with Gasteiger partial charge < -0.3 is 10.2 Å². The topological polar surface area (TPSA) is 15.3 Å². The van der Waals surface area contributed by atoms with Gasteiger partial charge in [0.1, 0.15) is 0 Å². The van der Waals surface area contributed by atoms with E-state index in [1.807, 2.05) is 0 Å². The summed E-state index contributed by atoms with van der Waals surface area (Å²) in [6.45, 7) is 11.7. The number of nitrogens with zero attached hydrogens (tertiary/aromatic N) is 1. The number of hydrogen-bond acceptors (Lipinski definition) is 2. The molecule has 0 aromatic heterocycles. The van der Waals surface area contributed by atoms with E-state index in [1.165, 1.54) is 30.8 Å². The summed E-state index contributed by atoms with van der Waals surface area (Å²) in [6.07, 6.45) is 1.35. The van der Waals surface area contributed by atoms with Gasteiger partial charge in [0.2, 0.25) is 0 Å². The number of aryl methyl sites for hydroxylation is 1. The Labute approximate surface area is 111 Å². The predicted octanol–water partition coefficient (Wildman–Crippen LogP) is 3.38. The van der Waals surface area contributed by atoms with Crippen LogP contribution in [0.1, 0.15) is 25.8 Å². The largest absolute Gasteiger partial charge is 0.384 e. The first-order valence-corrected chi connectivity index (χ1v) is 7.18. The molecule has 18 heavy (non-hydrogen) atoms. The van der Waals surface area contributed by atoms with Crippen LogP contribution in [0.2, 0.25) is 0 Å². The highest BCUT2D eigenvalue weighted by atomic mass is 15.1. The molecule has 1 N–H and O–H groups in total. The molecule has 1 aliphatic rings. The number of benzene rings is 1. The minimum Gasteiger partial charge on any atom is -0.384 e. The van der Waals surface area contributed by atoms with Crippen LogP contribution in [0.3, 0.4) is 0 Å². The van der Waals surface area contributed by atoms with E-state index in [2.05, 4.69) is 55.3 Å². The van der Waals surface area contributed by atoms with E-state index in [-0.39, 0.29) is 0 Å². The number of likely N-dealkylation sites (tertiary alicyclic amines) is 1. The van der Waals surface area contributed by atoms with Crippen molar-refractivity contribution >= 4 is 5.69 Å². The van der Waals surface area contributed by atoms with Gasteiger partial charge in [-0.05, 0) is 43.4 Å². The van der Waals surface area contributed by atoms with Crippen LogP contribution >= 0.6 is 0 Å². The summed E-state index contributed by atoms with van der Waals surface area (Å²) >= 11 is 0. The van der Waals surface area contributed by atoms with E-state index < -0.39 is 0 Å². The molecule has 100 valence electrons. The number of rotatable bonds is 4. The van der Waals surface area contributed by atoms with Crippen LogP contribution in [0.5, 0.6) is 0 Å². The van der Waals surface area contributed by atoms with Crippen LogP contribution in [-0.2, 0) is 0 Å². The molecule has 0 spiro atoms. The Morgan fingerprint density at radius 3 is 2.72 bits per heavy atom. The SMILES string of the molecule is Cc1ccccc1NCCN1CCC(C)C(C)C1. The molecule has 0 radical (unpaired) electrons. The Bertz CT molecular complexity index is 375. The molecule has 2 atom stereocenters. The molecule has 1 heterocycles. The fourth-order valence-corrected chi connectivity index (χ4v) is 2.67. The molecule has 0 amide bonds. The molecular formula is C16H26N2. The Kier molecular flexibility index (Phi) is 4.65. The van der Waals surface area contributed by atoms with Gasteiger partial charge in [0.05, 0.1) is 0 Å². The molecule has 2 unspecified atom stereocenters. The van der Waals surface area contributed by atoms with Gasteiger partial charge in [0.15, 0.2) is 0 Å². The van der Waals surface area contributed by atoms with Gasteiger partial charge in [0, 0.05) is 25.3 Å². The van der Waals surface area contributed by atoms with Gasteiger partial charge >= 0.3 is 0 Å². The second-order valence-corrected chi connectivity index (χ2v) is 5.79. The van der Waals surface area contributed by atoms with Crippen LogP contribution < -0.4 is 5.32 Å². The van der Waals surface area contributed by atoms with E-state index in [1.54, 1.807) is 0 Å². The van der Waals surface area contributed by atoms with E-state index in [0.717, 1.165) is 24.9 Å². The van der Waals surface area contributed by atoms with Crippen LogP contribution in [-0.4, -0.2) is 31.1 Å². The minimum absolute atomic E-state index is 0.845. The molecule has 1 aromatic rings. The first-order valence-electron chi connectivity index (χ1n) is 7.18. The third-order valence-electron chi connectivity index (χ3n) is 4.31. The van der Waals surface area contributed by atoms with Crippen molar-refractivity contribution in [2.24, 2.45) is 11.8 Å². The highest BCUT2D eigenvalue weighted by Gasteiger charge is 2.21. The summed E-state index contributed by atoms with van der Waals surface area (Å²) in [7, 11) is 0. The van der Waals surface area contributed by atoms with E-state index in [4.69, 9.17) is 0 Å². The lowest BCUT2D eigenvalue weighted by Gasteiger charge is -2.35. The first kappa shape index (κ1) is 13.4. The maximum atomic E-state index is 3.54. The zero-order chi connectivity index (χ0) is 13.0. The van der Waals surface area contributed by atoms with Crippen molar-refractivity contribution in [2.45, 2.75) is 27.2 Å². The van der Waals surface area contributed by atoms with Crippen molar-refractivity contribution in [3.05, 3.63) is 29.8 Å². The van der Waals surface area contributed by atoms with Crippen LogP contribution in [0.15, 0.2) is 24.3 Å². The van der Waals surface area contributed by atoms with Gasteiger partial charge in [0.25, 0.3) is 0 Å². The summed E-state index contributed by atoms with van der Waals surface area (Å²) in [6, 6.07) is 8.51. The summed E-state index contributed by atoms with van der Waals surface area (Å²) in [5.74, 6) is 1.74. The average molecular weight is 246 g/mol.